The first kappa shape index (κ1) is 12.8. The molecule has 0 aromatic heterocycles. The quantitative estimate of drug-likeness (QED) is 0.627. The van der Waals surface area contributed by atoms with Crippen LogP contribution in [0.3, 0.4) is 0 Å². The number of nitrogens with zero attached hydrogens (tertiary/aromatic N) is 1. The minimum atomic E-state index is -0.399. The van der Waals surface area contributed by atoms with Crippen molar-refractivity contribution in [2.45, 2.75) is 37.8 Å². The van der Waals surface area contributed by atoms with Crippen LogP contribution in [0.4, 0.5) is 0 Å². The van der Waals surface area contributed by atoms with Crippen molar-refractivity contribution in [2.75, 3.05) is 32.8 Å². The van der Waals surface area contributed by atoms with Crippen molar-refractivity contribution in [3.63, 3.8) is 0 Å². The average molecular weight is 241 g/mol. The van der Waals surface area contributed by atoms with Crippen molar-refractivity contribution in [3.05, 3.63) is 0 Å². The Labute approximate surface area is 103 Å². The molecule has 5 nitrogen and oxygen atoms in total. The molecule has 0 bridgehead atoms. The number of primary amides is 1. The van der Waals surface area contributed by atoms with Gasteiger partial charge in [-0.3, -0.25) is 9.69 Å². The summed E-state index contributed by atoms with van der Waals surface area (Å²) in [5.74, 6) is -0.399. The van der Waals surface area contributed by atoms with Gasteiger partial charge in [0.2, 0.25) is 5.91 Å². The van der Waals surface area contributed by atoms with Crippen molar-refractivity contribution < 1.29 is 9.53 Å². The van der Waals surface area contributed by atoms with Crippen LogP contribution in [0.5, 0.6) is 0 Å². The molecule has 3 N–H and O–H groups in total. The number of hydrogen-bond acceptors (Lipinski definition) is 4. The second kappa shape index (κ2) is 6.33. The van der Waals surface area contributed by atoms with Crippen molar-refractivity contribution in [1.82, 2.24) is 10.2 Å². The lowest BCUT2D eigenvalue weighted by Crippen LogP contribution is -2.45. The molecule has 17 heavy (non-hydrogen) atoms. The zero-order chi connectivity index (χ0) is 12.1. The first-order valence-corrected chi connectivity index (χ1v) is 6.61. The summed E-state index contributed by atoms with van der Waals surface area (Å²) in [5, 5.41) is 3.54. The molecule has 98 valence electrons. The highest BCUT2D eigenvalue weighted by Gasteiger charge is 2.34. The molecule has 2 aliphatic heterocycles. The highest BCUT2D eigenvalue weighted by molar-refractivity contribution is 5.74. The third kappa shape index (κ3) is 3.66. The molecule has 2 unspecified atom stereocenters. The fraction of sp³-hybridized carbons (Fsp3) is 0.917. The highest BCUT2D eigenvalue weighted by atomic mass is 16.5. The predicted octanol–water partition coefficient (Wildman–Crippen LogP) is -0.295. The van der Waals surface area contributed by atoms with Crippen LogP contribution in [0.15, 0.2) is 0 Å². The van der Waals surface area contributed by atoms with Gasteiger partial charge in [-0.05, 0) is 25.8 Å². The molecule has 2 atom stereocenters. The summed E-state index contributed by atoms with van der Waals surface area (Å²) in [4.78, 5) is 13.1. The van der Waals surface area contributed by atoms with Gasteiger partial charge in [0.25, 0.3) is 0 Å². The second-order valence-corrected chi connectivity index (χ2v) is 4.97. The van der Waals surface area contributed by atoms with E-state index in [1.54, 1.807) is 0 Å². The molecule has 2 rings (SSSR count). The number of amides is 1. The molecule has 0 aromatic carbocycles. The lowest BCUT2D eigenvalue weighted by Gasteiger charge is -2.32. The van der Waals surface area contributed by atoms with Crippen molar-refractivity contribution in [2.24, 2.45) is 5.73 Å². The third-order valence-corrected chi connectivity index (χ3v) is 3.75. The molecule has 2 aliphatic rings. The first-order chi connectivity index (χ1) is 8.27. The predicted molar refractivity (Wildman–Crippen MR) is 65.6 cm³/mol. The number of piperidine rings is 1. The SMILES string of the molecule is NC(=O)COCCNC1CCN2CCCCC12. The standard InChI is InChI=1S/C12H23N3O2/c13-12(16)9-17-8-5-14-10-4-7-15-6-2-1-3-11(10)15/h10-11,14H,1-9H2,(H2,13,16). The van der Waals surface area contributed by atoms with Crippen molar-refractivity contribution >= 4 is 5.91 Å². The molecular formula is C12H23N3O2. The van der Waals surface area contributed by atoms with Gasteiger partial charge < -0.3 is 15.8 Å². The van der Waals surface area contributed by atoms with E-state index < -0.39 is 5.91 Å². The van der Waals surface area contributed by atoms with Gasteiger partial charge in [-0.1, -0.05) is 6.42 Å². The Morgan fingerprint density at radius 3 is 3.06 bits per heavy atom. The van der Waals surface area contributed by atoms with Crippen LogP contribution >= 0.6 is 0 Å². The molecule has 0 saturated carbocycles. The summed E-state index contributed by atoms with van der Waals surface area (Å²) in [6.07, 6.45) is 5.27. The fourth-order valence-corrected chi connectivity index (χ4v) is 2.97. The van der Waals surface area contributed by atoms with E-state index in [2.05, 4.69) is 10.2 Å². The lowest BCUT2D eigenvalue weighted by atomic mass is 9.99. The molecule has 0 aliphatic carbocycles. The average Bonchev–Trinajstić information content (AvgIpc) is 2.72. The molecule has 2 fully saturated rings. The minimum Gasteiger partial charge on any atom is -0.370 e. The Bertz CT molecular complexity index is 260. The summed E-state index contributed by atoms with van der Waals surface area (Å²) in [5.41, 5.74) is 4.99. The summed E-state index contributed by atoms with van der Waals surface area (Å²) in [7, 11) is 0. The molecule has 1 amide bonds. The van der Waals surface area contributed by atoms with Gasteiger partial charge in [-0.15, -0.1) is 0 Å². The largest absolute Gasteiger partial charge is 0.370 e. The number of rotatable bonds is 6. The van der Waals surface area contributed by atoms with E-state index in [4.69, 9.17) is 10.5 Å². The lowest BCUT2D eigenvalue weighted by molar-refractivity contribution is -0.122. The maximum absolute atomic E-state index is 10.5. The number of nitrogens with one attached hydrogen (secondary N) is 1. The van der Waals surface area contributed by atoms with Gasteiger partial charge in [0.15, 0.2) is 0 Å². The molecule has 2 heterocycles. The topological polar surface area (TPSA) is 67.6 Å². The van der Waals surface area contributed by atoms with Gasteiger partial charge in [0, 0.05) is 25.2 Å². The van der Waals surface area contributed by atoms with E-state index in [0.29, 0.717) is 12.6 Å². The van der Waals surface area contributed by atoms with Gasteiger partial charge >= 0.3 is 0 Å². The van der Waals surface area contributed by atoms with Crippen LogP contribution in [0.1, 0.15) is 25.7 Å². The maximum Gasteiger partial charge on any atom is 0.243 e. The molecular weight excluding hydrogens is 218 g/mol. The monoisotopic (exact) mass is 241 g/mol. The molecule has 0 radical (unpaired) electrons. The maximum atomic E-state index is 10.5. The van der Waals surface area contributed by atoms with E-state index in [0.717, 1.165) is 12.6 Å². The highest BCUT2D eigenvalue weighted by Crippen LogP contribution is 2.26. The van der Waals surface area contributed by atoms with Crippen LogP contribution in [0.25, 0.3) is 0 Å². The summed E-state index contributed by atoms with van der Waals surface area (Å²) in [6, 6.07) is 1.33. The smallest absolute Gasteiger partial charge is 0.243 e. The number of fused-ring (bicyclic) bond motifs is 1. The number of carbonyl (C=O) groups excluding carboxylic acids is 1. The van der Waals surface area contributed by atoms with E-state index in [9.17, 15) is 4.79 Å². The van der Waals surface area contributed by atoms with Crippen LogP contribution in [-0.2, 0) is 9.53 Å². The molecule has 0 aromatic rings. The van der Waals surface area contributed by atoms with Gasteiger partial charge in [-0.25, -0.2) is 0 Å². The molecule has 2 saturated heterocycles. The number of nitrogens with two attached hydrogens (primary N) is 1. The second-order valence-electron chi connectivity index (χ2n) is 4.97. The Hall–Kier alpha value is -0.650. The number of carbonyl (C=O) groups is 1. The Balaban J connectivity index is 1.61. The van der Waals surface area contributed by atoms with Gasteiger partial charge in [0.05, 0.1) is 6.61 Å². The summed E-state index contributed by atoms with van der Waals surface area (Å²) in [6.45, 7) is 3.89. The fourth-order valence-electron chi connectivity index (χ4n) is 2.97. The minimum absolute atomic E-state index is 0.0297. The normalized spacial score (nSPS) is 29.2. The van der Waals surface area contributed by atoms with Crippen LogP contribution in [-0.4, -0.2) is 55.7 Å². The number of hydrogen-bond donors (Lipinski definition) is 2. The van der Waals surface area contributed by atoms with Crippen molar-refractivity contribution in [3.8, 4) is 0 Å². The van der Waals surface area contributed by atoms with Crippen molar-refractivity contribution in [1.29, 1.82) is 0 Å². The van der Waals surface area contributed by atoms with Gasteiger partial charge in [-0.2, -0.15) is 0 Å². The Morgan fingerprint density at radius 1 is 1.35 bits per heavy atom. The van der Waals surface area contributed by atoms with Crippen LogP contribution in [0.2, 0.25) is 0 Å². The molecule has 5 heteroatoms. The molecule has 0 spiro atoms. The van der Waals surface area contributed by atoms with E-state index >= 15 is 0 Å². The summed E-state index contributed by atoms with van der Waals surface area (Å²) < 4.78 is 5.14. The van der Waals surface area contributed by atoms with E-state index in [-0.39, 0.29) is 6.61 Å². The zero-order valence-corrected chi connectivity index (χ0v) is 10.4. The van der Waals surface area contributed by atoms with Crippen LogP contribution in [0, 0.1) is 0 Å². The van der Waals surface area contributed by atoms with E-state index in [1.807, 2.05) is 0 Å². The van der Waals surface area contributed by atoms with Gasteiger partial charge in [0.1, 0.15) is 6.61 Å². The Morgan fingerprint density at radius 2 is 2.24 bits per heavy atom. The first-order valence-electron chi connectivity index (χ1n) is 6.61. The number of ether oxygens (including phenoxy) is 1. The van der Waals surface area contributed by atoms with E-state index in [1.165, 1.54) is 38.8 Å². The third-order valence-electron chi connectivity index (χ3n) is 3.75. The zero-order valence-electron chi connectivity index (χ0n) is 10.4. The Kier molecular flexibility index (Phi) is 4.76. The van der Waals surface area contributed by atoms with Crippen LogP contribution < -0.4 is 11.1 Å². The summed E-state index contributed by atoms with van der Waals surface area (Å²) >= 11 is 0.